The van der Waals surface area contributed by atoms with E-state index >= 15 is 0 Å². The molecule has 2 rings (SSSR count). The predicted octanol–water partition coefficient (Wildman–Crippen LogP) is 3.16. The second-order valence-corrected chi connectivity index (χ2v) is 4.58. The molecule has 0 heterocycles. The molecule has 2 N–H and O–H groups in total. The van der Waals surface area contributed by atoms with Gasteiger partial charge in [0.1, 0.15) is 0 Å². The van der Waals surface area contributed by atoms with Gasteiger partial charge in [-0.15, -0.1) is 0 Å². The maximum atomic E-state index is 5.89. The van der Waals surface area contributed by atoms with E-state index in [4.69, 9.17) is 10.5 Å². The van der Waals surface area contributed by atoms with Crippen LogP contribution in [0.2, 0.25) is 0 Å². The summed E-state index contributed by atoms with van der Waals surface area (Å²) in [5, 5.41) is 0. The predicted molar refractivity (Wildman–Crippen MR) is 67.4 cm³/mol. The van der Waals surface area contributed by atoms with Crippen LogP contribution in [-0.4, -0.2) is 12.7 Å². The molecule has 0 amide bonds. The fraction of sp³-hybridized carbons (Fsp3) is 0.571. The van der Waals surface area contributed by atoms with E-state index in [0.29, 0.717) is 6.10 Å². The molecule has 1 fully saturated rings. The third kappa shape index (κ3) is 3.24. The number of benzene rings is 1. The molecular formula is C14H21NO. The molecule has 2 heteroatoms. The standard InChI is InChI=1S/C14H21NO/c15-14-9-5-4-6-12(14)10-11-16-13-7-2-1-3-8-13/h4-6,9,13H,1-3,7-8,10-11,15H2. The van der Waals surface area contributed by atoms with Crippen molar-refractivity contribution in [2.45, 2.75) is 44.6 Å². The van der Waals surface area contributed by atoms with E-state index in [-0.39, 0.29) is 0 Å². The molecule has 0 unspecified atom stereocenters. The van der Waals surface area contributed by atoms with E-state index in [0.717, 1.165) is 18.7 Å². The van der Waals surface area contributed by atoms with Crippen LogP contribution in [0, 0.1) is 0 Å². The second-order valence-electron chi connectivity index (χ2n) is 4.58. The maximum absolute atomic E-state index is 5.89. The molecule has 88 valence electrons. The Bertz CT molecular complexity index is 318. The molecule has 0 radical (unpaired) electrons. The minimum Gasteiger partial charge on any atom is -0.399 e. The van der Waals surface area contributed by atoms with E-state index in [1.165, 1.54) is 37.7 Å². The van der Waals surface area contributed by atoms with Crippen molar-refractivity contribution in [1.29, 1.82) is 0 Å². The van der Waals surface area contributed by atoms with Crippen molar-refractivity contribution in [2.75, 3.05) is 12.3 Å². The lowest BCUT2D eigenvalue weighted by molar-refractivity contribution is 0.0304. The van der Waals surface area contributed by atoms with Gasteiger partial charge in [0.05, 0.1) is 12.7 Å². The van der Waals surface area contributed by atoms with E-state index in [1.54, 1.807) is 0 Å². The number of para-hydroxylation sites is 1. The molecule has 1 aromatic carbocycles. The van der Waals surface area contributed by atoms with Crippen molar-refractivity contribution in [3.05, 3.63) is 29.8 Å². The number of hydrogen-bond donors (Lipinski definition) is 1. The number of rotatable bonds is 4. The SMILES string of the molecule is Nc1ccccc1CCOC1CCCCC1. The Hall–Kier alpha value is -1.02. The van der Waals surface area contributed by atoms with Crippen LogP contribution >= 0.6 is 0 Å². The lowest BCUT2D eigenvalue weighted by atomic mass is 9.98. The van der Waals surface area contributed by atoms with Gasteiger partial charge in [0.2, 0.25) is 0 Å². The van der Waals surface area contributed by atoms with Crippen LogP contribution < -0.4 is 5.73 Å². The maximum Gasteiger partial charge on any atom is 0.0575 e. The lowest BCUT2D eigenvalue weighted by Gasteiger charge is -2.22. The molecule has 0 saturated heterocycles. The molecule has 1 aliphatic carbocycles. The van der Waals surface area contributed by atoms with Gasteiger partial charge in [-0.3, -0.25) is 0 Å². The van der Waals surface area contributed by atoms with Crippen LogP contribution in [0.25, 0.3) is 0 Å². The molecule has 0 bridgehead atoms. The van der Waals surface area contributed by atoms with Gasteiger partial charge >= 0.3 is 0 Å². The van der Waals surface area contributed by atoms with E-state index in [1.807, 2.05) is 18.2 Å². The highest BCUT2D eigenvalue weighted by Gasteiger charge is 2.13. The topological polar surface area (TPSA) is 35.2 Å². The summed E-state index contributed by atoms with van der Waals surface area (Å²) in [6.45, 7) is 0.804. The smallest absolute Gasteiger partial charge is 0.0575 e. The molecule has 1 aromatic rings. The zero-order chi connectivity index (χ0) is 11.2. The molecule has 1 aliphatic rings. The van der Waals surface area contributed by atoms with Gasteiger partial charge in [0, 0.05) is 5.69 Å². The Morgan fingerprint density at radius 1 is 1.12 bits per heavy atom. The zero-order valence-corrected chi connectivity index (χ0v) is 9.82. The Balaban J connectivity index is 1.73. The quantitative estimate of drug-likeness (QED) is 0.789. The highest BCUT2D eigenvalue weighted by molar-refractivity contribution is 5.46. The summed E-state index contributed by atoms with van der Waals surface area (Å²) in [6, 6.07) is 8.04. The lowest BCUT2D eigenvalue weighted by Crippen LogP contribution is -2.18. The number of anilines is 1. The van der Waals surface area contributed by atoms with Crippen molar-refractivity contribution in [3.63, 3.8) is 0 Å². The normalized spacial score (nSPS) is 17.5. The van der Waals surface area contributed by atoms with E-state index < -0.39 is 0 Å². The summed E-state index contributed by atoms with van der Waals surface area (Å²) in [7, 11) is 0. The van der Waals surface area contributed by atoms with Crippen LogP contribution in [0.15, 0.2) is 24.3 Å². The molecule has 0 aromatic heterocycles. The zero-order valence-electron chi connectivity index (χ0n) is 9.82. The first kappa shape index (κ1) is 11.5. The summed E-state index contributed by atoms with van der Waals surface area (Å²) in [5.41, 5.74) is 7.98. The minimum absolute atomic E-state index is 0.499. The van der Waals surface area contributed by atoms with Crippen LogP contribution in [0.1, 0.15) is 37.7 Å². The summed E-state index contributed by atoms with van der Waals surface area (Å²) in [4.78, 5) is 0. The highest BCUT2D eigenvalue weighted by Crippen LogP contribution is 2.20. The van der Waals surface area contributed by atoms with Crippen molar-refractivity contribution in [3.8, 4) is 0 Å². The number of nitrogen functional groups attached to an aromatic ring is 1. The van der Waals surface area contributed by atoms with Crippen LogP contribution in [0.4, 0.5) is 5.69 Å². The number of nitrogens with two attached hydrogens (primary N) is 1. The first-order chi connectivity index (χ1) is 7.86. The fourth-order valence-electron chi connectivity index (χ4n) is 2.33. The third-order valence-electron chi connectivity index (χ3n) is 3.33. The average molecular weight is 219 g/mol. The van der Waals surface area contributed by atoms with Crippen LogP contribution in [0.3, 0.4) is 0 Å². The van der Waals surface area contributed by atoms with Crippen LogP contribution in [-0.2, 0) is 11.2 Å². The average Bonchev–Trinajstić information content (AvgIpc) is 2.33. The highest BCUT2D eigenvalue weighted by atomic mass is 16.5. The molecule has 1 saturated carbocycles. The summed E-state index contributed by atoms with van der Waals surface area (Å²) in [6.07, 6.45) is 7.96. The minimum atomic E-state index is 0.499. The summed E-state index contributed by atoms with van der Waals surface area (Å²) >= 11 is 0. The largest absolute Gasteiger partial charge is 0.399 e. The molecule has 2 nitrogen and oxygen atoms in total. The molecule has 0 aliphatic heterocycles. The third-order valence-corrected chi connectivity index (χ3v) is 3.33. The van der Waals surface area contributed by atoms with E-state index in [9.17, 15) is 0 Å². The Morgan fingerprint density at radius 2 is 1.88 bits per heavy atom. The first-order valence-electron chi connectivity index (χ1n) is 6.31. The van der Waals surface area contributed by atoms with Crippen molar-refractivity contribution >= 4 is 5.69 Å². The van der Waals surface area contributed by atoms with Gasteiger partial charge in [-0.05, 0) is 30.9 Å². The molecule has 16 heavy (non-hydrogen) atoms. The van der Waals surface area contributed by atoms with Gasteiger partial charge in [0.25, 0.3) is 0 Å². The Kier molecular flexibility index (Phi) is 4.23. The second kappa shape index (κ2) is 5.90. The summed E-state index contributed by atoms with van der Waals surface area (Å²) in [5.74, 6) is 0. The van der Waals surface area contributed by atoms with Crippen LogP contribution in [0.5, 0.6) is 0 Å². The fourth-order valence-corrected chi connectivity index (χ4v) is 2.33. The van der Waals surface area contributed by atoms with Crippen molar-refractivity contribution < 1.29 is 4.74 Å². The molecule has 0 atom stereocenters. The molecular weight excluding hydrogens is 198 g/mol. The van der Waals surface area contributed by atoms with Crippen molar-refractivity contribution in [1.82, 2.24) is 0 Å². The Morgan fingerprint density at radius 3 is 2.62 bits per heavy atom. The molecule has 0 spiro atoms. The van der Waals surface area contributed by atoms with Gasteiger partial charge in [-0.1, -0.05) is 37.5 Å². The van der Waals surface area contributed by atoms with Gasteiger partial charge in [0.15, 0.2) is 0 Å². The van der Waals surface area contributed by atoms with E-state index in [2.05, 4.69) is 6.07 Å². The number of ether oxygens (including phenoxy) is 1. The van der Waals surface area contributed by atoms with Gasteiger partial charge in [-0.25, -0.2) is 0 Å². The van der Waals surface area contributed by atoms with Crippen molar-refractivity contribution in [2.24, 2.45) is 0 Å². The van der Waals surface area contributed by atoms with Gasteiger partial charge in [-0.2, -0.15) is 0 Å². The monoisotopic (exact) mass is 219 g/mol. The summed E-state index contributed by atoms with van der Waals surface area (Å²) < 4.78 is 5.89. The first-order valence-corrected chi connectivity index (χ1v) is 6.31. The Labute approximate surface area is 97.8 Å². The van der Waals surface area contributed by atoms with Gasteiger partial charge < -0.3 is 10.5 Å². The number of hydrogen-bond acceptors (Lipinski definition) is 2.